The van der Waals surface area contributed by atoms with E-state index in [1.165, 1.54) is 0 Å². The van der Waals surface area contributed by atoms with E-state index in [0.717, 1.165) is 24.8 Å². The Labute approximate surface area is 150 Å². The fourth-order valence-electron chi connectivity index (χ4n) is 3.18. The van der Waals surface area contributed by atoms with E-state index in [0.29, 0.717) is 13.0 Å². The van der Waals surface area contributed by atoms with E-state index in [1.54, 1.807) is 11.8 Å². The van der Waals surface area contributed by atoms with Gasteiger partial charge in [-0.1, -0.05) is 50.6 Å². The number of amides is 2. The fourth-order valence-corrected chi connectivity index (χ4v) is 3.18. The minimum Gasteiger partial charge on any atom is -0.388 e. The van der Waals surface area contributed by atoms with E-state index in [2.05, 4.69) is 5.32 Å². The van der Waals surface area contributed by atoms with Crippen LogP contribution in [0.15, 0.2) is 30.3 Å². The zero-order valence-electron chi connectivity index (χ0n) is 15.5. The molecule has 5 nitrogen and oxygen atoms in total. The quantitative estimate of drug-likeness (QED) is 0.797. The van der Waals surface area contributed by atoms with Crippen molar-refractivity contribution in [2.45, 2.75) is 58.1 Å². The monoisotopic (exact) mass is 346 g/mol. The lowest BCUT2D eigenvalue weighted by molar-refractivity contribution is -0.143. The van der Waals surface area contributed by atoms with Gasteiger partial charge in [0.25, 0.3) is 0 Å². The third-order valence-electron chi connectivity index (χ3n) is 5.33. The number of piperidine rings is 1. The molecule has 1 aromatic rings. The topological polar surface area (TPSA) is 69.6 Å². The maximum absolute atomic E-state index is 12.9. The Bertz CT molecular complexity index is 586. The molecule has 1 aliphatic heterocycles. The van der Waals surface area contributed by atoms with Crippen molar-refractivity contribution in [2.24, 2.45) is 5.92 Å². The maximum Gasteiger partial charge on any atom is 0.247 e. The maximum atomic E-state index is 12.9. The Morgan fingerprint density at radius 1 is 1.32 bits per heavy atom. The van der Waals surface area contributed by atoms with Crippen molar-refractivity contribution in [3.63, 3.8) is 0 Å². The predicted octanol–water partition coefficient (Wildman–Crippen LogP) is 2.65. The molecule has 1 heterocycles. The van der Waals surface area contributed by atoms with Gasteiger partial charge < -0.3 is 15.3 Å². The van der Waals surface area contributed by atoms with Crippen molar-refractivity contribution in [1.29, 1.82) is 0 Å². The number of nitrogens with one attached hydrogen (secondary N) is 1. The molecular formula is C20H30N2O3. The van der Waals surface area contributed by atoms with Gasteiger partial charge in [0.05, 0.1) is 5.60 Å². The van der Waals surface area contributed by atoms with E-state index in [1.807, 2.05) is 44.2 Å². The van der Waals surface area contributed by atoms with E-state index < -0.39 is 11.6 Å². The van der Waals surface area contributed by atoms with Gasteiger partial charge in [-0.25, -0.2) is 0 Å². The summed E-state index contributed by atoms with van der Waals surface area (Å²) in [7, 11) is 0. The standard InChI is InChI=1S/C20H30N2O3/c1-4-15(2)20(3,25)14-21-19(24)18(16-10-6-5-7-11-16)22-13-9-8-12-17(22)23/h5-7,10-11,15,18,25H,4,8-9,12-14H2,1-3H3,(H,21,24). The van der Waals surface area contributed by atoms with Gasteiger partial charge in [-0.15, -0.1) is 0 Å². The van der Waals surface area contributed by atoms with E-state index >= 15 is 0 Å². The van der Waals surface area contributed by atoms with Gasteiger partial charge >= 0.3 is 0 Å². The van der Waals surface area contributed by atoms with Crippen LogP contribution in [-0.2, 0) is 9.59 Å². The van der Waals surface area contributed by atoms with Gasteiger partial charge in [-0.05, 0) is 31.2 Å². The molecule has 2 N–H and O–H groups in total. The highest BCUT2D eigenvalue weighted by molar-refractivity contribution is 5.89. The third-order valence-corrected chi connectivity index (χ3v) is 5.33. The number of rotatable bonds is 7. The van der Waals surface area contributed by atoms with Gasteiger partial charge in [0.1, 0.15) is 6.04 Å². The highest BCUT2D eigenvalue weighted by atomic mass is 16.3. The lowest BCUT2D eigenvalue weighted by atomic mass is 9.88. The normalized spacial score (nSPS) is 19.8. The molecule has 0 radical (unpaired) electrons. The van der Waals surface area contributed by atoms with Crippen LogP contribution in [0.4, 0.5) is 0 Å². The van der Waals surface area contributed by atoms with Gasteiger partial charge in [0, 0.05) is 19.5 Å². The first-order chi connectivity index (χ1) is 11.9. The number of carbonyl (C=O) groups excluding carboxylic acids is 2. The second-order valence-electron chi connectivity index (χ2n) is 7.24. The first-order valence-corrected chi connectivity index (χ1v) is 9.21. The summed E-state index contributed by atoms with van der Waals surface area (Å²) < 4.78 is 0. The summed E-state index contributed by atoms with van der Waals surface area (Å²) in [5, 5.41) is 13.4. The van der Waals surface area contributed by atoms with Crippen LogP contribution in [0.5, 0.6) is 0 Å². The molecule has 0 aromatic heterocycles. The largest absolute Gasteiger partial charge is 0.388 e. The van der Waals surface area contributed by atoms with Crippen molar-refractivity contribution in [2.75, 3.05) is 13.1 Å². The zero-order chi connectivity index (χ0) is 18.4. The van der Waals surface area contributed by atoms with Gasteiger partial charge in [0.15, 0.2) is 0 Å². The van der Waals surface area contributed by atoms with Crippen molar-refractivity contribution in [3.05, 3.63) is 35.9 Å². The Hall–Kier alpha value is -1.88. The molecule has 0 spiro atoms. The average Bonchev–Trinajstić information content (AvgIpc) is 2.62. The van der Waals surface area contributed by atoms with Crippen LogP contribution in [0.1, 0.15) is 58.1 Å². The molecular weight excluding hydrogens is 316 g/mol. The minimum absolute atomic E-state index is 0.0175. The molecule has 0 aliphatic carbocycles. The second kappa shape index (κ2) is 8.48. The van der Waals surface area contributed by atoms with Crippen LogP contribution in [0.2, 0.25) is 0 Å². The molecule has 25 heavy (non-hydrogen) atoms. The van der Waals surface area contributed by atoms with Crippen LogP contribution < -0.4 is 5.32 Å². The lowest BCUT2D eigenvalue weighted by Crippen LogP contribution is -2.50. The number of likely N-dealkylation sites (tertiary alicyclic amines) is 1. The van der Waals surface area contributed by atoms with Gasteiger partial charge in [0.2, 0.25) is 11.8 Å². The Kier molecular flexibility index (Phi) is 6.59. The summed E-state index contributed by atoms with van der Waals surface area (Å²) >= 11 is 0. The summed E-state index contributed by atoms with van der Waals surface area (Å²) in [5.41, 5.74) is -0.171. The third kappa shape index (κ3) is 4.82. The number of nitrogens with zero attached hydrogens (tertiary/aromatic N) is 1. The first kappa shape index (κ1) is 19.4. The van der Waals surface area contributed by atoms with E-state index in [4.69, 9.17) is 0 Å². The van der Waals surface area contributed by atoms with Gasteiger partial charge in [-0.2, -0.15) is 0 Å². The highest BCUT2D eigenvalue weighted by Gasteiger charge is 2.34. The molecule has 2 rings (SSSR count). The Morgan fingerprint density at radius 2 is 2.00 bits per heavy atom. The average molecular weight is 346 g/mol. The molecule has 1 aromatic carbocycles. The van der Waals surface area contributed by atoms with Crippen molar-refractivity contribution in [1.82, 2.24) is 10.2 Å². The second-order valence-corrected chi connectivity index (χ2v) is 7.24. The van der Waals surface area contributed by atoms with E-state index in [9.17, 15) is 14.7 Å². The SMILES string of the molecule is CCC(C)C(C)(O)CNC(=O)C(c1ccccc1)N1CCCCC1=O. The lowest BCUT2D eigenvalue weighted by Gasteiger charge is -2.35. The molecule has 3 atom stereocenters. The molecule has 1 fully saturated rings. The van der Waals surface area contributed by atoms with Crippen molar-refractivity contribution in [3.8, 4) is 0 Å². The van der Waals surface area contributed by atoms with E-state index in [-0.39, 0.29) is 24.3 Å². The molecule has 1 aliphatic rings. The molecule has 138 valence electrons. The van der Waals surface area contributed by atoms with Crippen LogP contribution in [0, 0.1) is 5.92 Å². The summed E-state index contributed by atoms with van der Waals surface area (Å²) in [6.45, 7) is 6.49. The fraction of sp³-hybridized carbons (Fsp3) is 0.600. The van der Waals surface area contributed by atoms with Crippen LogP contribution in [0.25, 0.3) is 0 Å². The summed E-state index contributed by atoms with van der Waals surface area (Å²) in [6.07, 6.45) is 3.10. The Balaban J connectivity index is 2.17. The predicted molar refractivity (Wildman–Crippen MR) is 97.8 cm³/mol. The molecule has 5 heteroatoms. The summed E-state index contributed by atoms with van der Waals surface area (Å²) in [6, 6.07) is 8.75. The van der Waals surface area contributed by atoms with Crippen LogP contribution in [-0.4, -0.2) is 40.5 Å². The number of benzene rings is 1. The van der Waals surface area contributed by atoms with Crippen molar-refractivity contribution < 1.29 is 14.7 Å². The number of carbonyl (C=O) groups is 2. The molecule has 0 bridgehead atoms. The zero-order valence-corrected chi connectivity index (χ0v) is 15.5. The minimum atomic E-state index is -0.975. The summed E-state index contributed by atoms with van der Waals surface area (Å²) in [4.78, 5) is 27.0. The molecule has 2 amide bonds. The molecule has 0 saturated carbocycles. The number of hydrogen-bond donors (Lipinski definition) is 2. The Morgan fingerprint density at radius 3 is 2.60 bits per heavy atom. The molecule has 1 saturated heterocycles. The van der Waals surface area contributed by atoms with Crippen molar-refractivity contribution >= 4 is 11.8 Å². The number of aliphatic hydroxyl groups is 1. The molecule has 3 unspecified atom stereocenters. The van der Waals surface area contributed by atoms with Crippen LogP contribution >= 0.6 is 0 Å². The van der Waals surface area contributed by atoms with Crippen LogP contribution in [0.3, 0.4) is 0 Å². The highest BCUT2D eigenvalue weighted by Crippen LogP contribution is 2.26. The first-order valence-electron chi connectivity index (χ1n) is 9.21. The van der Waals surface area contributed by atoms with Gasteiger partial charge in [-0.3, -0.25) is 9.59 Å². The summed E-state index contributed by atoms with van der Waals surface area (Å²) in [5.74, 6) is -0.145. The smallest absolute Gasteiger partial charge is 0.247 e. The number of hydrogen-bond acceptors (Lipinski definition) is 3.